The molecule has 18 heavy (non-hydrogen) atoms. The smallest absolute Gasteiger partial charge is 0.126 e. The number of nitrogens with zero attached hydrogens (tertiary/aromatic N) is 1. The number of halogens is 1. The van der Waals surface area contributed by atoms with E-state index in [4.69, 9.17) is 22.7 Å². The zero-order chi connectivity index (χ0) is 13.3. The van der Waals surface area contributed by atoms with Gasteiger partial charge in [-0.25, -0.2) is 0 Å². The minimum absolute atomic E-state index is 0.0175. The summed E-state index contributed by atoms with van der Waals surface area (Å²) in [5.41, 5.74) is 7.04. The highest BCUT2D eigenvalue weighted by Gasteiger charge is 2.28. The van der Waals surface area contributed by atoms with Crippen LogP contribution in [0.3, 0.4) is 0 Å². The Hall–Kier alpha value is -1.26. The summed E-state index contributed by atoms with van der Waals surface area (Å²) in [6, 6.07) is 5.51. The fourth-order valence-electron chi connectivity index (χ4n) is 2.43. The van der Waals surface area contributed by atoms with Crippen LogP contribution in [0.2, 0.25) is 5.02 Å². The molecule has 1 fully saturated rings. The maximum atomic E-state index is 9.29. The van der Waals surface area contributed by atoms with Gasteiger partial charge >= 0.3 is 0 Å². The monoisotopic (exact) mass is 267 g/mol. The summed E-state index contributed by atoms with van der Waals surface area (Å²) in [6.07, 6.45) is 1.55. The first-order chi connectivity index (χ1) is 8.49. The average molecular weight is 268 g/mol. The molecule has 98 valence electrons. The molecule has 0 amide bonds. The van der Waals surface area contributed by atoms with E-state index in [0.29, 0.717) is 16.5 Å². The third-order valence-electron chi connectivity index (χ3n) is 3.42. The van der Waals surface area contributed by atoms with Gasteiger partial charge in [-0.1, -0.05) is 17.7 Å². The van der Waals surface area contributed by atoms with Crippen LogP contribution in [0, 0.1) is 11.3 Å². The maximum Gasteiger partial charge on any atom is 0.126 e. The molecule has 0 spiro atoms. The fourth-order valence-corrected chi connectivity index (χ4v) is 2.70. The highest BCUT2D eigenvalue weighted by Crippen LogP contribution is 2.31. The zero-order valence-corrected chi connectivity index (χ0v) is 11.1. The number of benzene rings is 1. The largest absolute Gasteiger partial charge is 0.393 e. The number of aliphatic hydroxyl groups excluding tert-OH is 1. The van der Waals surface area contributed by atoms with Crippen LogP contribution in [0.5, 0.6) is 0 Å². The summed E-state index contributed by atoms with van der Waals surface area (Å²) in [5, 5.41) is 17.4. The van der Waals surface area contributed by atoms with Crippen LogP contribution in [0.25, 0.3) is 0 Å². The Morgan fingerprint density at radius 2 is 2.22 bits per heavy atom. The molecule has 0 heterocycles. The summed E-state index contributed by atoms with van der Waals surface area (Å²) in [6.45, 7) is 0.845. The van der Waals surface area contributed by atoms with E-state index in [0.717, 1.165) is 25.1 Å². The lowest BCUT2D eigenvalue weighted by molar-refractivity contribution is 0.0465. The van der Waals surface area contributed by atoms with Gasteiger partial charge in [-0.05, 0) is 30.9 Å². The topological polar surface area (TPSA) is 73.3 Å². The Morgan fingerprint density at radius 1 is 1.56 bits per heavy atom. The number of nitrogens with two attached hydrogens (primary N) is 1. The molecule has 0 saturated heterocycles. The molecule has 1 aromatic rings. The molecule has 0 atom stereocenters. The van der Waals surface area contributed by atoms with Gasteiger partial charge in [0.25, 0.3) is 0 Å². The van der Waals surface area contributed by atoms with E-state index in [-0.39, 0.29) is 11.9 Å². The molecule has 1 aliphatic carbocycles. The number of amidine groups is 1. The zero-order valence-electron chi connectivity index (χ0n) is 10.4. The lowest BCUT2D eigenvalue weighted by Gasteiger charge is -2.35. The van der Waals surface area contributed by atoms with E-state index in [1.54, 1.807) is 6.07 Å². The molecule has 1 aliphatic rings. The number of anilines is 1. The van der Waals surface area contributed by atoms with Gasteiger partial charge in [0.2, 0.25) is 0 Å². The molecular weight excluding hydrogens is 250 g/mol. The second-order valence-corrected chi connectivity index (χ2v) is 5.33. The molecule has 0 radical (unpaired) electrons. The van der Waals surface area contributed by atoms with Crippen LogP contribution in [0.1, 0.15) is 18.4 Å². The third-order valence-corrected chi connectivity index (χ3v) is 3.73. The van der Waals surface area contributed by atoms with Gasteiger partial charge in [-0.3, -0.25) is 5.41 Å². The average Bonchev–Trinajstić information content (AvgIpc) is 2.26. The van der Waals surface area contributed by atoms with Gasteiger partial charge in [0.1, 0.15) is 5.84 Å². The summed E-state index contributed by atoms with van der Waals surface area (Å²) in [4.78, 5) is 2.05. The van der Waals surface area contributed by atoms with Crippen LogP contribution in [-0.2, 0) is 0 Å². The van der Waals surface area contributed by atoms with Crippen molar-refractivity contribution in [1.29, 1.82) is 5.41 Å². The Bertz CT molecular complexity index is 458. The van der Waals surface area contributed by atoms with E-state index in [2.05, 4.69) is 4.90 Å². The Labute approximate surface area is 112 Å². The quantitative estimate of drug-likeness (QED) is 0.576. The normalized spacial score (nSPS) is 22.4. The van der Waals surface area contributed by atoms with Gasteiger partial charge in [0.05, 0.1) is 16.7 Å². The van der Waals surface area contributed by atoms with E-state index in [1.807, 2.05) is 19.2 Å². The standard InChI is InChI=1S/C13H18ClN3O/c1-17(7-8-5-9(18)6-8)11-4-2-3-10(14)12(11)13(15)16/h2-4,8-9,18H,5-7H2,1H3,(H3,15,16). The lowest BCUT2D eigenvalue weighted by Crippen LogP contribution is -2.37. The van der Waals surface area contributed by atoms with Crippen LogP contribution >= 0.6 is 11.6 Å². The van der Waals surface area contributed by atoms with Gasteiger partial charge in [0, 0.05) is 19.3 Å². The van der Waals surface area contributed by atoms with Crippen molar-refractivity contribution in [3.8, 4) is 0 Å². The predicted molar refractivity (Wildman–Crippen MR) is 74.5 cm³/mol. The number of rotatable bonds is 4. The minimum atomic E-state index is -0.143. The Balaban J connectivity index is 2.16. The van der Waals surface area contributed by atoms with Crippen molar-refractivity contribution < 1.29 is 5.11 Å². The van der Waals surface area contributed by atoms with Crippen molar-refractivity contribution in [2.45, 2.75) is 18.9 Å². The predicted octanol–water partition coefficient (Wildman–Crippen LogP) is 1.83. The van der Waals surface area contributed by atoms with Gasteiger partial charge in [0.15, 0.2) is 0 Å². The Kier molecular flexibility index (Phi) is 3.78. The molecule has 0 bridgehead atoms. The number of nitrogen functional groups attached to an aromatic ring is 1. The van der Waals surface area contributed by atoms with Crippen LogP contribution in [0.15, 0.2) is 18.2 Å². The van der Waals surface area contributed by atoms with Crippen molar-refractivity contribution in [3.05, 3.63) is 28.8 Å². The second-order valence-electron chi connectivity index (χ2n) is 4.92. The molecule has 5 heteroatoms. The van der Waals surface area contributed by atoms with Crippen LogP contribution in [0.4, 0.5) is 5.69 Å². The highest BCUT2D eigenvalue weighted by atomic mass is 35.5. The molecule has 4 N–H and O–H groups in total. The molecule has 1 aromatic carbocycles. The SMILES string of the molecule is CN(CC1CC(O)C1)c1cccc(Cl)c1C(=N)N. The molecule has 1 saturated carbocycles. The summed E-state index contributed by atoms with van der Waals surface area (Å²) < 4.78 is 0. The van der Waals surface area contributed by atoms with E-state index in [9.17, 15) is 5.11 Å². The number of hydrogen-bond acceptors (Lipinski definition) is 3. The second kappa shape index (κ2) is 5.16. The van der Waals surface area contributed by atoms with Crippen molar-refractivity contribution in [2.75, 3.05) is 18.5 Å². The minimum Gasteiger partial charge on any atom is -0.393 e. The number of hydrogen-bond donors (Lipinski definition) is 3. The third kappa shape index (κ3) is 2.60. The van der Waals surface area contributed by atoms with Gasteiger partial charge < -0.3 is 15.7 Å². The number of aliphatic hydroxyl groups is 1. The van der Waals surface area contributed by atoms with E-state index < -0.39 is 0 Å². The first kappa shape index (κ1) is 13.2. The van der Waals surface area contributed by atoms with Gasteiger partial charge in [-0.2, -0.15) is 0 Å². The number of nitrogens with one attached hydrogen (secondary N) is 1. The maximum absolute atomic E-state index is 9.29. The molecule has 2 rings (SSSR count). The highest BCUT2D eigenvalue weighted by molar-refractivity contribution is 6.34. The fraction of sp³-hybridized carbons (Fsp3) is 0.462. The van der Waals surface area contributed by atoms with Crippen LogP contribution in [-0.4, -0.2) is 30.6 Å². The van der Waals surface area contributed by atoms with Gasteiger partial charge in [-0.15, -0.1) is 0 Å². The summed E-state index contributed by atoms with van der Waals surface area (Å²) in [5.74, 6) is 0.486. The lowest BCUT2D eigenvalue weighted by atomic mass is 9.82. The van der Waals surface area contributed by atoms with Crippen LogP contribution < -0.4 is 10.6 Å². The van der Waals surface area contributed by atoms with Crippen molar-refractivity contribution >= 4 is 23.1 Å². The van der Waals surface area contributed by atoms with E-state index >= 15 is 0 Å². The summed E-state index contributed by atoms with van der Waals surface area (Å²) >= 11 is 6.09. The molecular formula is C13H18ClN3O. The molecule has 0 aliphatic heterocycles. The van der Waals surface area contributed by atoms with Crippen molar-refractivity contribution in [3.63, 3.8) is 0 Å². The molecule has 4 nitrogen and oxygen atoms in total. The van der Waals surface area contributed by atoms with Crippen molar-refractivity contribution in [2.24, 2.45) is 11.7 Å². The molecule has 0 aromatic heterocycles. The first-order valence-corrected chi connectivity index (χ1v) is 6.39. The Morgan fingerprint density at radius 3 is 2.78 bits per heavy atom. The first-order valence-electron chi connectivity index (χ1n) is 6.01. The summed E-state index contributed by atoms with van der Waals surface area (Å²) in [7, 11) is 1.96. The molecule has 0 unspecified atom stereocenters. The van der Waals surface area contributed by atoms with E-state index in [1.165, 1.54) is 0 Å². The van der Waals surface area contributed by atoms with Crippen molar-refractivity contribution in [1.82, 2.24) is 0 Å².